The van der Waals surface area contributed by atoms with E-state index in [2.05, 4.69) is 0 Å². The van der Waals surface area contributed by atoms with Gasteiger partial charge in [-0.25, -0.2) is 0 Å². The van der Waals surface area contributed by atoms with Crippen LogP contribution in [0.4, 0.5) is 0 Å². The van der Waals surface area contributed by atoms with E-state index in [1.165, 1.54) is 0 Å². The fourth-order valence-electron chi connectivity index (χ4n) is 0.0577. The van der Waals surface area contributed by atoms with E-state index in [1.807, 2.05) is 0 Å². The third kappa shape index (κ3) is 6.80. The molecule has 42 valence electrons. The van der Waals surface area contributed by atoms with E-state index in [9.17, 15) is 0 Å². The second kappa shape index (κ2) is 6.80. The summed E-state index contributed by atoms with van der Waals surface area (Å²) in [5.41, 5.74) is 0. The van der Waals surface area contributed by atoms with Crippen molar-refractivity contribution in [2.24, 2.45) is 0 Å². The number of aliphatic hydroxyl groups is 3. The Balaban J connectivity index is 0. The topological polar surface area (TPSA) is 60.7 Å². The Kier molecular flexibility index (Phi) is 10.4. The van der Waals surface area contributed by atoms with Crippen LogP contribution in [0.15, 0.2) is 0 Å². The van der Waals surface area contributed by atoms with Gasteiger partial charge in [0, 0.05) is 27.3 Å². The Morgan fingerprint density at radius 1 is 1.14 bits per heavy atom. The van der Waals surface area contributed by atoms with Crippen LogP contribution in [0.2, 0.25) is 0 Å². The second-order valence-corrected chi connectivity index (χ2v) is 1.02. The van der Waals surface area contributed by atoms with Crippen LogP contribution in [0, 0.1) is 0 Å². The molecule has 0 saturated heterocycles. The summed E-state index contributed by atoms with van der Waals surface area (Å²) in [5.74, 6) is 0. The molecule has 0 rings (SSSR count). The summed E-state index contributed by atoms with van der Waals surface area (Å²) in [5, 5.41) is 24.0. The molecule has 0 saturated carbocycles. The molecular weight excluding hydrogens is 291 g/mol. The SMILES string of the molecule is OCC(O)CO.[Pb]. The van der Waals surface area contributed by atoms with E-state index in [0.29, 0.717) is 0 Å². The average Bonchev–Trinajstić information content (AvgIpc) is 1.65. The number of hydrogen-bond acceptors (Lipinski definition) is 3. The molecule has 0 spiro atoms. The van der Waals surface area contributed by atoms with Crippen molar-refractivity contribution < 1.29 is 15.3 Å². The summed E-state index contributed by atoms with van der Waals surface area (Å²) in [6.45, 7) is -0.729. The van der Waals surface area contributed by atoms with Gasteiger partial charge in [0.1, 0.15) is 6.10 Å². The van der Waals surface area contributed by atoms with E-state index in [-0.39, 0.29) is 40.5 Å². The summed E-state index contributed by atoms with van der Waals surface area (Å²) in [6.07, 6.45) is -0.954. The van der Waals surface area contributed by atoms with Gasteiger partial charge in [-0.05, 0) is 0 Å². The van der Waals surface area contributed by atoms with Gasteiger partial charge in [-0.1, -0.05) is 0 Å². The normalized spacial score (nSPS) is 8.57. The van der Waals surface area contributed by atoms with Crippen LogP contribution in [0.3, 0.4) is 0 Å². The van der Waals surface area contributed by atoms with Crippen LogP contribution < -0.4 is 0 Å². The van der Waals surface area contributed by atoms with Crippen molar-refractivity contribution in [3.05, 3.63) is 0 Å². The minimum absolute atomic E-state index is 0. The molecule has 0 aromatic heterocycles. The molecule has 4 heteroatoms. The van der Waals surface area contributed by atoms with Gasteiger partial charge >= 0.3 is 0 Å². The minimum Gasteiger partial charge on any atom is -0.394 e. The van der Waals surface area contributed by atoms with Crippen molar-refractivity contribution >= 4 is 27.3 Å². The Labute approximate surface area is 62.1 Å². The molecular formula is C3H8O3Pb. The van der Waals surface area contributed by atoms with Crippen LogP contribution in [0.5, 0.6) is 0 Å². The first-order valence-corrected chi connectivity index (χ1v) is 1.71. The first-order chi connectivity index (χ1) is 2.81. The molecule has 7 heavy (non-hydrogen) atoms. The summed E-state index contributed by atoms with van der Waals surface area (Å²) >= 11 is 0. The van der Waals surface area contributed by atoms with Crippen molar-refractivity contribution in [3.63, 3.8) is 0 Å². The molecule has 0 atom stereocenters. The third-order valence-electron chi connectivity index (χ3n) is 0.421. The maximum atomic E-state index is 8.17. The summed E-state index contributed by atoms with van der Waals surface area (Å²) in [7, 11) is 0. The zero-order valence-corrected chi connectivity index (χ0v) is 7.72. The number of aliphatic hydroxyl groups excluding tert-OH is 3. The van der Waals surface area contributed by atoms with E-state index in [0.717, 1.165) is 0 Å². The Morgan fingerprint density at radius 3 is 1.43 bits per heavy atom. The smallest absolute Gasteiger partial charge is 0.100 e. The molecule has 0 heterocycles. The molecule has 0 aliphatic carbocycles. The monoisotopic (exact) mass is 300 g/mol. The first kappa shape index (κ1) is 10.7. The van der Waals surface area contributed by atoms with Gasteiger partial charge < -0.3 is 15.3 Å². The van der Waals surface area contributed by atoms with Crippen LogP contribution >= 0.6 is 0 Å². The largest absolute Gasteiger partial charge is 0.394 e. The Bertz CT molecular complexity index is 29.4. The predicted octanol–water partition coefficient (Wildman–Crippen LogP) is -2.05. The molecule has 0 unspecified atom stereocenters. The van der Waals surface area contributed by atoms with Crippen molar-refractivity contribution in [1.29, 1.82) is 0 Å². The summed E-state index contributed by atoms with van der Waals surface area (Å²) in [4.78, 5) is 0. The van der Waals surface area contributed by atoms with Gasteiger partial charge in [-0.15, -0.1) is 0 Å². The van der Waals surface area contributed by atoms with Crippen LogP contribution in [-0.4, -0.2) is 61.9 Å². The summed E-state index contributed by atoms with van der Waals surface area (Å²) in [6, 6.07) is 0. The standard InChI is InChI=1S/C3H8O3.Pb/c4-1-3(6)2-5;/h3-6H,1-2H2;. The van der Waals surface area contributed by atoms with Gasteiger partial charge in [0.15, 0.2) is 0 Å². The maximum absolute atomic E-state index is 8.17. The quantitative estimate of drug-likeness (QED) is 0.515. The van der Waals surface area contributed by atoms with Crippen LogP contribution in [-0.2, 0) is 0 Å². The molecule has 0 aliphatic heterocycles. The molecule has 4 radical (unpaired) electrons. The zero-order chi connectivity index (χ0) is 4.99. The molecule has 0 aromatic carbocycles. The van der Waals surface area contributed by atoms with Crippen molar-refractivity contribution in [3.8, 4) is 0 Å². The third-order valence-corrected chi connectivity index (χ3v) is 0.421. The van der Waals surface area contributed by atoms with Crippen LogP contribution in [0.1, 0.15) is 0 Å². The molecule has 0 aromatic rings. The van der Waals surface area contributed by atoms with Gasteiger partial charge in [0.2, 0.25) is 0 Å². The molecule has 0 bridgehead atoms. The Morgan fingerprint density at radius 2 is 1.43 bits per heavy atom. The zero-order valence-electron chi connectivity index (χ0n) is 3.83. The molecule has 3 nitrogen and oxygen atoms in total. The second-order valence-electron chi connectivity index (χ2n) is 1.02. The van der Waals surface area contributed by atoms with E-state index < -0.39 is 6.10 Å². The molecule has 0 amide bonds. The number of rotatable bonds is 2. The van der Waals surface area contributed by atoms with E-state index in [4.69, 9.17) is 15.3 Å². The summed E-state index contributed by atoms with van der Waals surface area (Å²) < 4.78 is 0. The average molecular weight is 299 g/mol. The van der Waals surface area contributed by atoms with Gasteiger partial charge in [0.05, 0.1) is 13.2 Å². The Hall–Kier alpha value is 0.802. The first-order valence-electron chi connectivity index (χ1n) is 1.71. The van der Waals surface area contributed by atoms with Crippen LogP contribution in [0.25, 0.3) is 0 Å². The fourth-order valence-corrected chi connectivity index (χ4v) is 0.0577. The van der Waals surface area contributed by atoms with Crippen molar-refractivity contribution in [2.75, 3.05) is 13.2 Å². The molecule has 3 N–H and O–H groups in total. The fraction of sp³-hybridized carbons (Fsp3) is 1.00. The minimum atomic E-state index is -0.954. The van der Waals surface area contributed by atoms with Gasteiger partial charge in [-0.2, -0.15) is 0 Å². The van der Waals surface area contributed by atoms with Gasteiger partial charge in [0.25, 0.3) is 0 Å². The van der Waals surface area contributed by atoms with Gasteiger partial charge in [-0.3, -0.25) is 0 Å². The molecule has 0 aliphatic rings. The molecule has 0 fully saturated rings. The number of hydrogen-bond donors (Lipinski definition) is 3. The van der Waals surface area contributed by atoms with Crippen molar-refractivity contribution in [1.82, 2.24) is 0 Å². The van der Waals surface area contributed by atoms with E-state index in [1.54, 1.807) is 0 Å². The predicted molar refractivity (Wildman–Crippen MR) is 25.9 cm³/mol. The van der Waals surface area contributed by atoms with Crippen molar-refractivity contribution in [2.45, 2.75) is 6.10 Å². The van der Waals surface area contributed by atoms with E-state index >= 15 is 0 Å². The maximum Gasteiger partial charge on any atom is 0.100 e.